The second kappa shape index (κ2) is 4.90. The van der Waals surface area contributed by atoms with E-state index in [9.17, 15) is 4.79 Å². The summed E-state index contributed by atoms with van der Waals surface area (Å²) in [4.78, 5) is 11.4. The van der Waals surface area contributed by atoms with Crippen molar-refractivity contribution in [3.63, 3.8) is 0 Å². The molecule has 1 aromatic rings. The Kier molecular flexibility index (Phi) is 3.31. The molecule has 0 fully saturated rings. The van der Waals surface area contributed by atoms with E-state index in [-0.39, 0.29) is 18.4 Å². The predicted molar refractivity (Wildman–Crippen MR) is 60.9 cm³/mol. The minimum absolute atomic E-state index is 0.00585. The molecule has 84 valence electrons. The van der Waals surface area contributed by atoms with Gasteiger partial charge in [-0.3, -0.25) is 4.79 Å². The molecule has 0 radical (unpaired) electrons. The van der Waals surface area contributed by atoms with Crippen LogP contribution in [0.4, 0.5) is 0 Å². The van der Waals surface area contributed by atoms with Crippen molar-refractivity contribution in [1.82, 2.24) is 5.43 Å². The van der Waals surface area contributed by atoms with Crippen LogP contribution in [0.5, 0.6) is 0 Å². The van der Waals surface area contributed by atoms with Gasteiger partial charge < -0.3 is 5.11 Å². The van der Waals surface area contributed by atoms with E-state index in [0.717, 1.165) is 11.3 Å². The van der Waals surface area contributed by atoms with Crippen molar-refractivity contribution in [3.05, 3.63) is 35.9 Å². The molecule has 1 aliphatic rings. The van der Waals surface area contributed by atoms with E-state index in [1.807, 2.05) is 30.3 Å². The molecule has 1 atom stereocenters. The number of carbonyl (C=O) groups is 1. The van der Waals surface area contributed by atoms with Crippen molar-refractivity contribution in [2.45, 2.75) is 12.8 Å². The molecule has 1 aromatic carbocycles. The molecule has 1 unspecified atom stereocenters. The number of hydrogen-bond acceptors (Lipinski definition) is 3. The summed E-state index contributed by atoms with van der Waals surface area (Å²) in [6, 6.07) is 9.87. The Bertz CT molecular complexity index is 401. The van der Waals surface area contributed by atoms with Gasteiger partial charge in [0.25, 0.3) is 0 Å². The largest absolute Gasteiger partial charge is 0.396 e. The van der Waals surface area contributed by atoms with E-state index in [1.54, 1.807) is 0 Å². The molecule has 0 saturated carbocycles. The van der Waals surface area contributed by atoms with Crippen LogP contribution in [0.15, 0.2) is 35.4 Å². The Morgan fingerprint density at radius 3 is 2.75 bits per heavy atom. The fourth-order valence-corrected chi connectivity index (χ4v) is 1.83. The van der Waals surface area contributed by atoms with Gasteiger partial charge in [0.15, 0.2) is 0 Å². The summed E-state index contributed by atoms with van der Waals surface area (Å²) in [6.07, 6.45) is 1.10. The molecule has 1 aliphatic heterocycles. The number of rotatable bonds is 4. The molecule has 4 heteroatoms. The minimum atomic E-state index is -0.273. The van der Waals surface area contributed by atoms with Crippen LogP contribution in [-0.4, -0.2) is 23.3 Å². The fourth-order valence-electron chi connectivity index (χ4n) is 1.83. The van der Waals surface area contributed by atoms with Gasteiger partial charge in [0.05, 0.1) is 11.6 Å². The Morgan fingerprint density at radius 1 is 1.31 bits per heavy atom. The Labute approximate surface area is 94.0 Å². The van der Waals surface area contributed by atoms with Crippen molar-refractivity contribution in [2.75, 3.05) is 6.61 Å². The maximum atomic E-state index is 11.4. The number of aliphatic hydroxyl groups is 1. The second-order valence-electron chi connectivity index (χ2n) is 3.81. The lowest BCUT2D eigenvalue weighted by molar-refractivity contribution is -0.122. The molecule has 2 rings (SSSR count). The van der Waals surface area contributed by atoms with E-state index in [0.29, 0.717) is 12.8 Å². The zero-order valence-corrected chi connectivity index (χ0v) is 8.89. The van der Waals surface area contributed by atoms with E-state index < -0.39 is 0 Å². The SMILES string of the molecule is O=C1NN=C(Cc2ccccc2)C1CCO. The lowest BCUT2D eigenvalue weighted by Crippen LogP contribution is -2.25. The minimum Gasteiger partial charge on any atom is -0.396 e. The lowest BCUT2D eigenvalue weighted by atomic mass is 9.95. The highest BCUT2D eigenvalue weighted by molar-refractivity contribution is 6.08. The highest BCUT2D eigenvalue weighted by Crippen LogP contribution is 2.15. The number of nitrogens with zero attached hydrogens (tertiary/aromatic N) is 1. The van der Waals surface area contributed by atoms with Gasteiger partial charge >= 0.3 is 0 Å². The third-order valence-corrected chi connectivity index (χ3v) is 2.67. The van der Waals surface area contributed by atoms with Crippen molar-refractivity contribution < 1.29 is 9.90 Å². The zero-order chi connectivity index (χ0) is 11.4. The Balaban J connectivity index is 2.07. The van der Waals surface area contributed by atoms with Gasteiger partial charge in [-0.1, -0.05) is 30.3 Å². The fraction of sp³-hybridized carbons (Fsp3) is 0.333. The van der Waals surface area contributed by atoms with Gasteiger partial charge in [0.1, 0.15) is 0 Å². The first kappa shape index (κ1) is 10.8. The highest BCUT2D eigenvalue weighted by atomic mass is 16.3. The van der Waals surface area contributed by atoms with Gasteiger partial charge in [0.2, 0.25) is 5.91 Å². The van der Waals surface area contributed by atoms with Crippen LogP contribution in [0.25, 0.3) is 0 Å². The number of aliphatic hydroxyl groups excluding tert-OH is 1. The highest BCUT2D eigenvalue weighted by Gasteiger charge is 2.28. The van der Waals surface area contributed by atoms with Crippen molar-refractivity contribution in [1.29, 1.82) is 0 Å². The van der Waals surface area contributed by atoms with Crippen molar-refractivity contribution in [2.24, 2.45) is 11.0 Å². The van der Waals surface area contributed by atoms with Gasteiger partial charge in [-0.05, 0) is 12.0 Å². The second-order valence-corrected chi connectivity index (χ2v) is 3.81. The molecule has 16 heavy (non-hydrogen) atoms. The molecule has 0 bridgehead atoms. The molecular weight excluding hydrogens is 204 g/mol. The monoisotopic (exact) mass is 218 g/mol. The standard InChI is InChI=1S/C12H14N2O2/c15-7-6-10-11(13-14-12(10)16)8-9-4-2-1-3-5-9/h1-5,10,15H,6-8H2,(H,14,16). The number of carbonyl (C=O) groups excluding carboxylic acids is 1. The summed E-state index contributed by atoms with van der Waals surface area (Å²) in [5, 5.41) is 12.9. The average molecular weight is 218 g/mol. The first-order valence-electron chi connectivity index (χ1n) is 5.32. The normalized spacial score (nSPS) is 19.4. The zero-order valence-electron chi connectivity index (χ0n) is 8.89. The van der Waals surface area contributed by atoms with E-state index in [2.05, 4.69) is 10.5 Å². The molecule has 0 spiro atoms. The molecule has 4 nitrogen and oxygen atoms in total. The van der Waals surface area contributed by atoms with E-state index >= 15 is 0 Å². The number of amides is 1. The maximum absolute atomic E-state index is 11.4. The van der Waals surface area contributed by atoms with Crippen LogP contribution in [0.2, 0.25) is 0 Å². The predicted octanol–water partition coefficient (Wildman–Crippen LogP) is 0.713. The van der Waals surface area contributed by atoms with E-state index in [1.165, 1.54) is 0 Å². The summed E-state index contributed by atoms with van der Waals surface area (Å²) >= 11 is 0. The molecule has 1 amide bonds. The lowest BCUT2D eigenvalue weighted by Gasteiger charge is -2.08. The average Bonchev–Trinajstić information content (AvgIpc) is 2.64. The molecule has 0 aliphatic carbocycles. The molecule has 0 aromatic heterocycles. The van der Waals surface area contributed by atoms with Gasteiger partial charge in [-0.15, -0.1) is 0 Å². The van der Waals surface area contributed by atoms with Crippen LogP contribution in [0.3, 0.4) is 0 Å². The molecule has 2 N–H and O–H groups in total. The first-order chi connectivity index (χ1) is 7.81. The van der Waals surface area contributed by atoms with Crippen LogP contribution >= 0.6 is 0 Å². The van der Waals surface area contributed by atoms with Crippen LogP contribution in [0.1, 0.15) is 12.0 Å². The van der Waals surface area contributed by atoms with Crippen LogP contribution in [0, 0.1) is 5.92 Å². The summed E-state index contributed by atoms with van der Waals surface area (Å²) in [5.41, 5.74) is 4.40. The molecule has 0 saturated heterocycles. The number of hydrazone groups is 1. The van der Waals surface area contributed by atoms with Gasteiger partial charge in [-0.2, -0.15) is 5.10 Å². The van der Waals surface area contributed by atoms with Crippen molar-refractivity contribution >= 4 is 11.6 Å². The first-order valence-corrected chi connectivity index (χ1v) is 5.32. The van der Waals surface area contributed by atoms with Crippen molar-refractivity contribution in [3.8, 4) is 0 Å². The third-order valence-electron chi connectivity index (χ3n) is 2.67. The molecule has 1 heterocycles. The summed E-state index contributed by atoms with van der Waals surface area (Å²) < 4.78 is 0. The number of benzene rings is 1. The van der Waals surface area contributed by atoms with E-state index in [4.69, 9.17) is 5.11 Å². The topological polar surface area (TPSA) is 61.7 Å². The third kappa shape index (κ3) is 2.28. The van der Waals surface area contributed by atoms with Gasteiger partial charge in [-0.25, -0.2) is 5.43 Å². The van der Waals surface area contributed by atoms with Crippen LogP contribution in [-0.2, 0) is 11.2 Å². The summed E-state index contributed by atoms with van der Waals surface area (Å²) in [6.45, 7) is 0.00585. The Morgan fingerprint density at radius 2 is 2.06 bits per heavy atom. The van der Waals surface area contributed by atoms with Gasteiger partial charge in [0, 0.05) is 13.0 Å². The Hall–Kier alpha value is -1.68. The van der Waals surface area contributed by atoms with Crippen LogP contribution < -0.4 is 5.43 Å². The summed E-state index contributed by atoms with van der Waals surface area (Å²) in [5.74, 6) is -0.384. The quantitative estimate of drug-likeness (QED) is 0.782. The smallest absolute Gasteiger partial charge is 0.249 e. The number of hydrogen-bond donors (Lipinski definition) is 2. The number of nitrogens with one attached hydrogen (secondary N) is 1. The molecular formula is C12H14N2O2. The summed E-state index contributed by atoms with van der Waals surface area (Å²) in [7, 11) is 0. The maximum Gasteiger partial charge on any atom is 0.249 e.